The van der Waals surface area contributed by atoms with Gasteiger partial charge < -0.3 is 9.84 Å². The minimum absolute atomic E-state index is 0.0230. The summed E-state index contributed by atoms with van der Waals surface area (Å²) in [6, 6.07) is 20.2. The highest BCUT2D eigenvalue weighted by atomic mass is 16.5. The fourth-order valence-electron chi connectivity index (χ4n) is 4.21. The maximum atomic E-state index is 13.3. The van der Waals surface area contributed by atoms with Crippen molar-refractivity contribution in [1.82, 2.24) is 0 Å². The first-order valence-electron chi connectivity index (χ1n) is 11.9. The molecule has 3 aromatic carbocycles. The first-order valence-corrected chi connectivity index (χ1v) is 11.9. The predicted molar refractivity (Wildman–Crippen MR) is 139 cm³/mol. The van der Waals surface area contributed by atoms with Crippen molar-refractivity contribution < 1.29 is 24.2 Å². The molecule has 0 saturated carbocycles. The molecule has 1 N–H and O–H groups in total. The number of nitrogens with zero attached hydrogens (tertiary/aromatic N) is 1. The third kappa shape index (κ3) is 4.93. The summed E-state index contributed by atoms with van der Waals surface area (Å²) in [6.45, 7) is 8.07. The van der Waals surface area contributed by atoms with Gasteiger partial charge in [0.15, 0.2) is 0 Å². The van der Waals surface area contributed by atoms with Crippen molar-refractivity contribution in [1.29, 1.82) is 0 Å². The number of aliphatic hydroxyl groups is 1. The third-order valence-electron chi connectivity index (χ3n) is 6.06. The molecule has 1 aliphatic rings. The monoisotopic (exact) mass is 483 g/mol. The van der Waals surface area contributed by atoms with Gasteiger partial charge in [-0.2, -0.15) is 0 Å². The van der Waals surface area contributed by atoms with Crippen molar-refractivity contribution in [2.45, 2.75) is 33.7 Å². The van der Waals surface area contributed by atoms with Crippen molar-refractivity contribution in [3.05, 3.63) is 106 Å². The van der Waals surface area contributed by atoms with Crippen molar-refractivity contribution in [3.8, 4) is 0 Å². The van der Waals surface area contributed by atoms with Gasteiger partial charge in [0.25, 0.3) is 11.7 Å². The van der Waals surface area contributed by atoms with Gasteiger partial charge in [0.1, 0.15) is 5.76 Å². The topological polar surface area (TPSA) is 83.9 Å². The van der Waals surface area contributed by atoms with E-state index in [-0.39, 0.29) is 17.3 Å². The zero-order chi connectivity index (χ0) is 26.0. The highest BCUT2D eigenvalue weighted by molar-refractivity contribution is 6.51. The van der Waals surface area contributed by atoms with Crippen LogP contribution in [0.5, 0.6) is 0 Å². The van der Waals surface area contributed by atoms with Gasteiger partial charge in [-0.05, 0) is 49.6 Å². The van der Waals surface area contributed by atoms with Gasteiger partial charge in [-0.3, -0.25) is 14.5 Å². The lowest BCUT2D eigenvalue weighted by Gasteiger charge is -2.26. The van der Waals surface area contributed by atoms with Crippen LogP contribution in [0.2, 0.25) is 0 Å². The fourth-order valence-corrected chi connectivity index (χ4v) is 4.21. The number of aryl methyl sites for hydroxylation is 2. The molecule has 1 heterocycles. The van der Waals surface area contributed by atoms with Gasteiger partial charge in [-0.25, -0.2) is 4.79 Å². The Morgan fingerprint density at radius 3 is 2.17 bits per heavy atom. The summed E-state index contributed by atoms with van der Waals surface area (Å²) < 4.78 is 5.29. The molecular formula is C30H29NO5. The molecule has 1 amide bonds. The Balaban J connectivity index is 1.80. The summed E-state index contributed by atoms with van der Waals surface area (Å²) in [4.78, 5) is 40.3. The van der Waals surface area contributed by atoms with E-state index < -0.39 is 23.7 Å². The van der Waals surface area contributed by atoms with Crippen LogP contribution in [0.4, 0.5) is 5.69 Å². The number of rotatable bonds is 6. The lowest BCUT2D eigenvalue weighted by Crippen LogP contribution is -2.29. The number of aliphatic hydroxyl groups excluding tert-OH is 1. The largest absolute Gasteiger partial charge is 0.507 e. The number of amides is 1. The molecule has 1 atom stereocenters. The molecule has 6 heteroatoms. The molecule has 0 aliphatic carbocycles. The maximum Gasteiger partial charge on any atom is 0.338 e. The molecule has 1 aliphatic heterocycles. The molecule has 0 bridgehead atoms. The Morgan fingerprint density at radius 1 is 0.917 bits per heavy atom. The minimum atomic E-state index is -0.829. The first-order chi connectivity index (χ1) is 17.2. The van der Waals surface area contributed by atoms with Crippen molar-refractivity contribution >= 4 is 29.1 Å². The first kappa shape index (κ1) is 24.9. The van der Waals surface area contributed by atoms with Crippen LogP contribution >= 0.6 is 0 Å². The average molecular weight is 484 g/mol. The van der Waals surface area contributed by atoms with E-state index in [9.17, 15) is 19.5 Å². The number of hydrogen-bond donors (Lipinski definition) is 1. The van der Waals surface area contributed by atoms with E-state index in [1.165, 1.54) is 4.90 Å². The quantitative estimate of drug-likeness (QED) is 0.209. The van der Waals surface area contributed by atoms with Crippen molar-refractivity contribution in [3.63, 3.8) is 0 Å². The normalized spacial score (nSPS) is 17.0. The molecular weight excluding hydrogens is 454 g/mol. The molecule has 0 radical (unpaired) electrons. The van der Waals surface area contributed by atoms with E-state index in [1.54, 1.807) is 36.4 Å². The maximum absolute atomic E-state index is 13.3. The van der Waals surface area contributed by atoms with Gasteiger partial charge in [-0.15, -0.1) is 0 Å². The van der Waals surface area contributed by atoms with Crippen LogP contribution < -0.4 is 4.90 Å². The second-order valence-corrected chi connectivity index (χ2v) is 9.49. The van der Waals surface area contributed by atoms with Crippen LogP contribution in [-0.4, -0.2) is 29.4 Å². The Labute approximate surface area is 210 Å². The fraction of sp³-hybridized carbons (Fsp3) is 0.233. The Bertz CT molecular complexity index is 1340. The third-order valence-corrected chi connectivity index (χ3v) is 6.06. The molecule has 1 saturated heterocycles. The SMILES string of the molecule is Cc1ccc(/C(O)=C2\C(=O)C(=O)N(c3ccc(C(=O)OCC(C)C)cc3)C2c2cccc(C)c2)cc1. The highest BCUT2D eigenvalue weighted by Gasteiger charge is 2.47. The van der Waals surface area contributed by atoms with E-state index in [0.717, 1.165) is 11.1 Å². The number of esters is 1. The molecule has 6 nitrogen and oxygen atoms in total. The van der Waals surface area contributed by atoms with E-state index in [1.807, 2.05) is 64.1 Å². The van der Waals surface area contributed by atoms with Crippen LogP contribution in [0, 0.1) is 19.8 Å². The number of hydrogen-bond acceptors (Lipinski definition) is 5. The van der Waals surface area contributed by atoms with Crippen LogP contribution in [0.3, 0.4) is 0 Å². The lowest BCUT2D eigenvalue weighted by atomic mass is 9.94. The molecule has 1 fully saturated rings. The molecule has 3 aromatic rings. The summed E-state index contributed by atoms with van der Waals surface area (Å²) in [7, 11) is 0. The van der Waals surface area contributed by atoms with Crippen molar-refractivity contribution in [2.75, 3.05) is 11.5 Å². The number of anilines is 1. The number of ether oxygens (including phenoxy) is 1. The summed E-state index contributed by atoms with van der Waals surface area (Å²) in [5.74, 6) is -1.98. The molecule has 0 spiro atoms. The summed E-state index contributed by atoms with van der Waals surface area (Å²) >= 11 is 0. The predicted octanol–water partition coefficient (Wildman–Crippen LogP) is 5.74. The lowest BCUT2D eigenvalue weighted by molar-refractivity contribution is -0.132. The summed E-state index contributed by atoms with van der Waals surface area (Å²) in [5.41, 5.74) is 3.93. The van der Waals surface area contributed by atoms with Gasteiger partial charge >= 0.3 is 5.97 Å². The van der Waals surface area contributed by atoms with Gasteiger partial charge in [0, 0.05) is 11.3 Å². The highest BCUT2D eigenvalue weighted by Crippen LogP contribution is 2.42. The van der Waals surface area contributed by atoms with E-state index >= 15 is 0 Å². The molecule has 184 valence electrons. The number of benzene rings is 3. The number of carbonyl (C=O) groups is 3. The number of Topliss-reactive ketones (excluding diaryl/α,β-unsaturated/α-hetero) is 1. The minimum Gasteiger partial charge on any atom is -0.507 e. The van der Waals surface area contributed by atoms with Crippen LogP contribution in [0.15, 0.2) is 78.4 Å². The molecule has 1 unspecified atom stereocenters. The Hall–Kier alpha value is -4.19. The average Bonchev–Trinajstić information content (AvgIpc) is 3.13. The second kappa shape index (κ2) is 10.2. The smallest absolute Gasteiger partial charge is 0.338 e. The van der Waals surface area contributed by atoms with Crippen molar-refractivity contribution in [2.24, 2.45) is 5.92 Å². The van der Waals surface area contributed by atoms with Gasteiger partial charge in [0.2, 0.25) is 0 Å². The summed E-state index contributed by atoms with van der Waals surface area (Å²) in [5, 5.41) is 11.2. The Morgan fingerprint density at radius 2 is 1.56 bits per heavy atom. The standard InChI is InChI=1S/C30H29NO5/c1-18(2)17-36-30(35)22-12-14-24(15-13-22)31-26(23-7-5-6-20(4)16-23)25(28(33)29(31)34)27(32)21-10-8-19(3)9-11-21/h5-16,18,26,32H,17H2,1-4H3/b27-25+. The zero-order valence-corrected chi connectivity index (χ0v) is 20.8. The number of ketones is 1. The Kier molecular flexibility index (Phi) is 7.06. The van der Waals surface area contributed by atoms with E-state index in [4.69, 9.17) is 4.74 Å². The van der Waals surface area contributed by atoms with Crippen LogP contribution in [-0.2, 0) is 14.3 Å². The van der Waals surface area contributed by atoms with E-state index in [2.05, 4.69) is 0 Å². The van der Waals surface area contributed by atoms with E-state index in [0.29, 0.717) is 29.0 Å². The molecule has 36 heavy (non-hydrogen) atoms. The molecule has 4 rings (SSSR count). The summed E-state index contributed by atoms with van der Waals surface area (Å²) in [6.07, 6.45) is 0. The zero-order valence-electron chi connectivity index (χ0n) is 20.8. The second-order valence-electron chi connectivity index (χ2n) is 9.49. The van der Waals surface area contributed by atoms with Gasteiger partial charge in [0.05, 0.1) is 23.8 Å². The van der Waals surface area contributed by atoms with Crippen LogP contribution in [0.1, 0.15) is 52.5 Å². The molecule has 0 aromatic heterocycles. The number of carbonyl (C=O) groups excluding carboxylic acids is 3. The van der Waals surface area contributed by atoms with Gasteiger partial charge in [-0.1, -0.05) is 73.5 Å². The van der Waals surface area contributed by atoms with Crippen LogP contribution in [0.25, 0.3) is 5.76 Å².